The molecule has 1 atom stereocenters. The summed E-state index contributed by atoms with van der Waals surface area (Å²) >= 11 is 10.5. The summed E-state index contributed by atoms with van der Waals surface area (Å²) in [6.45, 7) is 6.61. The van der Waals surface area contributed by atoms with Crippen LogP contribution in [0, 0.1) is 19.3 Å². The summed E-state index contributed by atoms with van der Waals surface area (Å²) in [7, 11) is 0. The number of halogens is 2. The van der Waals surface area contributed by atoms with E-state index in [1.165, 1.54) is 53.3 Å². The van der Waals surface area contributed by atoms with Gasteiger partial charge in [0, 0.05) is 4.47 Å². The maximum atomic E-state index is 6.88. The lowest BCUT2D eigenvalue weighted by molar-refractivity contribution is 0.270. The molecule has 0 amide bonds. The molecule has 1 aromatic carbocycles. The van der Waals surface area contributed by atoms with E-state index in [1.807, 2.05) is 0 Å². The lowest BCUT2D eigenvalue weighted by atomic mass is 9.76. The molecule has 0 saturated heterocycles. The first kappa shape index (κ1) is 14.4. The maximum Gasteiger partial charge on any atom is 0.0644 e. The van der Waals surface area contributed by atoms with Crippen LogP contribution in [0.5, 0.6) is 0 Å². The van der Waals surface area contributed by atoms with Crippen LogP contribution in [0.4, 0.5) is 0 Å². The highest BCUT2D eigenvalue weighted by Gasteiger charge is 2.40. The summed E-state index contributed by atoms with van der Waals surface area (Å²) in [5.74, 6) is 0. The Kier molecular flexibility index (Phi) is 4.44. The first-order chi connectivity index (χ1) is 8.50. The van der Waals surface area contributed by atoms with Crippen molar-refractivity contribution in [1.29, 1.82) is 0 Å². The minimum atomic E-state index is 0.164. The molecule has 0 radical (unpaired) electrons. The van der Waals surface area contributed by atoms with Crippen molar-refractivity contribution >= 4 is 27.5 Å². The van der Waals surface area contributed by atoms with Crippen molar-refractivity contribution in [3.05, 3.63) is 33.3 Å². The Labute approximate surface area is 124 Å². The van der Waals surface area contributed by atoms with Crippen LogP contribution in [0.2, 0.25) is 0 Å². The number of alkyl halides is 1. The number of hydrogen-bond donors (Lipinski definition) is 0. The second-order valence-corrected chi connectivity index (χ2v) is 7.03. The molecular weight excluding hydrogens is 308 g/mol. The fourth-order valence-corrected chi connectivity index (χ4v) is 4.34. The average molecular weight is 330 g/mol. The first-order valence-corrected chi connectivity index (χ1v) is 8.14. The third-order valence-corrected chi connectivity index (χ3v) is 6.21. The molecule has 1 aliphatic carbocycles. The minimum Gasteiger partial charge on any atom is -0.117 e. The van der Waals surface area contributed by atoms with Crippen LogP contribution in [0.3, 0.4) is 0 Å². The van der Waals surface area contributed by atoms with E-state index in [0.717, 1.165) is 0 Å². The summed E-state index contributed by atoms with van der Waals surface area (Å²) in [5.41, 5.74) is 4.26. The van der Waals surface area contributed by atoms with E-state index in [-0.39, 0.29) is 5.38 Å². The molecule has 0 nitrogen and oxygen atoms in total. The Morgan fingerprint density at radius 2 is 1.83 bits per heavy atom. The summed E-state index contributed by atoms with van der Waals surface area (Å²) in [6, 6.07) is 4.48. The molecule has 1 fully saturated rings. The van der Waals surface area contributed by atoms with Crippen LogP contribution in [0.25, 0.3) is 0 Å². The zero-order valence-corrected chi connectivity index (χ0v) is 13.9. The third-order valence-electron chi connectivity index (χ3n) is 4.66. The Morgan fingerprint density at radius 3 is 2.39 bits per heavy atom. The molecule has 0 aliphatic heterocycles. The Bertz CT molecular complexity index is 433. The van der Waals surface area contributed by atoms with E-state index in [0.29, 0.717) is 5.41 Å². The zero-order chi connectivity index (χ0) is 13.3. The van der Waals surface area contributed by atoms with Gasteiger partial charge in [0.05, 0.1) is 5.38 Å². The first-order valence-electron chi connectivity index (χ1n) is 6.91. The molecular formula is C16H22BrCl. The third kappa shape index (κ3) is 2.49. The zero-order valence-electron chi connectivity index (χ0n) is 11.5. The molecule has 0 spiro atoms. The second-order valence-electron chi connectivity index (χ2n) is 5.74. The topological polar surface area (TPSA) is 0 Å². The van der Waals surface area contributed by atoms with Gasteiger partial charge in [-0.1, -0.05) is 41.8 Å². The van der Waals surface area contributed by atoms with Crippen molar-refractivity contribution in [3.63, 3.8) is 0 Å². The predicted octanol–water partition coefficient (Wildman–Crippen LogP) is 6.32. The van der Waals surface area contributed by atoms with Gasteiger partial charge in [-0.05, 0) is 61.3 Å². The number of rotatable bonds is 3. The lowest BCUT2D eigenvalue weighted by Gasteiger charge is -2.34. The van der Waals surface area contributed by atoms with Crippen molar-refractivity contribution < 1.29 is 0 Å². The smallest absolute Gasteiger partial charge is 0.0644 e. The van der Waals surface area contributed by atoms with Crippen LogP contribution >= 0.6 is 27.5 Å². The molecule has 2 heteroatoms. The summed E-state index contributed by atoms with van der Waals surface area (Å²) in [5, 5.41) is 0.164. The van der Waals surface area contributed by atoms with Gasteiger partial charge in [-0.3, -0.25) is 0 Å². The fraction of sp³-hybridized carbons (Fsp3) is 0.625. The molecule has 1 unspecified atom stereocenters. The fourth-order valence-electron chi connectivity index (χ4n) is 3.27. The SMILES string of the molecule is CCC1(C(Cl)c2cc(C)c(Br)cc2C)CCCC1. The highest BCUT2D eigenvalue weighted by atomic mass is 79.9. The van der Waals surface area contributed by atoms with Gasteiger partial charge in [0.15, 0.2) is 0 Å². The molecule has 18 heavy (non-hydrogen) atoms. The van der Waals surface area contributed by atoms with Gasteiger partial charge < -0.3 is 0 Å². The Morgan fingerprint density at radius 1 is 1.22 bits per heavy atom. The predicted molar refractivity (Wildman–Crippen MR) is 83.4 cm³/mol. The molecule has 2 rings (SSSR count). The number of hydrogen-bond acceptors (Lipinski definition) is 0. The summed E-state index contributed by atoms with van der Waals surface area (Å²) in [6.07, 6.45) is 6.44. The van der Waals surface area contributed by atoms with Crippen LogP contribution in [-0.4, -0.2) is 0 Å². The van der Waals surface area contributed by atoms with Gasteiger partial charge in [0.2, 0.25) is 0 Å². The van der Waals surface area contributed by atoms with E-state index < -0.39 is 0 Å². The van der Waals surface area contributed by atoms with Gasteiger partial charge in [0.25, 0.3) is 0 Å². The van der Waals surface area contributed by atoms with Crippen LogP contribution in [0.15, 0.2) is 16.6 Å². The van der Waals surface area contributed by atoms with Crippen molar-refractivity contribution in [2.75, 3.05) is 0 Å². The van der Waals surface area contributed by atoms with E-state index in [9.17, 15) is 0 Å². The molecule has 0 heterocycles. The lowest BCUT2D eigenvalue weighted by Crippen LogP contribution is -2.22. The monoisotopic (exact) mass is 328 g/mol. The van der Waals surface area contributed by atoms with Gasteiger partial charge in [-0.2, -0.15) is 0 Å². The average Bonchev–Trinajstić information content (AvgIpc) is 2.83. The normalized spacial score (nSPS) is 20.1. The maximum absolute atomic E-state index is 6.88. The van der Waals surface area contributed by atoms with Crippen molar-refractivity contribution in [3.8, 4) is 0 Å². The summed E-state index contributed by atoms with van der Waals surface area (Å²) < 4.78 is 1.18. The van der Waals surface area contributed by atoms with Crippen LogP contribution in [0.1, 0.15) is 61.1 Å². The molecule has 1 saturated carbocycles. The van der Waals surface area contributed by atoms with Gasteiger partial charge >= 0.3 is 0 Å². The van der Waals surface area contributed by atoms with Gasteiger partial charge in [-0.25, -0.2) is 0 Å². The standard InChI is InChI=1S/C16H22BrCl/c1-4-16(7-5-6-8-16)15(18)13-9-12(3)14(17)10-11(13)2/h9-10,15H,4-8H2,1-3H3. The van der Waals surface area contributed by atoms with Crippen molar-refractivity contribution in [2.24, 2.45) is 5.41 Å². The molecule has 0 N–H and O–H groups in total. The van der Waals surface area contributed by atoms with Gasteiger partial charge in [-0.15, -0.1) is 11.6 Å². The molecule has 1 aromatic rings. The van der Waals surface area contributed by atoms with E-state index in [1.54, 1.807) is 0 Å². The molecule has 0 bridgehead atoms. The van der Waals surface area contributed by atoms with E-state index >= 15 is 0 Å². The highest BCUT2D eigenvalue weighted by Crippen LogP contribution is 2.53. The second kappa shape index (κ2) is 5.54. The van der Waals surface area contributed by atoms with Crippen molar-refractivity contribution in [2.45, 2.75) is 58.3 Å². The summed E-state index contributed by atoms with van der Waals surface area (Å²) in [4.78, 5) is 0. The van der Waals surface area contributed by atoms with Crippen LogP contribution < -0.4 is 0 Å². The highest BCUT2D eigenvalue weighted by molar-refractivity contribution is 9.10. The number of aryl methyl sites for hydroxylation is 2. The molecule has 100 valence electrons. The molecule has 0 aromatic heterocycles. The number of benzene rings is 1. The van der Waals surface area contributed by atoms with E-state index in [2.05, 4.69) is 48.8 Å². The minimum absolute atomic E-state index is 0.164. The van der Waals surface area contributed by atoms with Crippen molar-refractivity contribution in [1.82, 2.24) is 0 Å². The Hall–Kier alpha value is -0.0100. The quantitative estimate of drug-likeness (QED) is 0.569. The van der Waals surface area contributed by atoms with E-state index in [4.69, 9.17) is 11.6 Å². The van der Waals surface area contributed by atoms with Gasteiger partial charge in [0.1, 0.15) is 0 Å². The van der Waals surface area contributed by atoms with Crippen LogP contribution in [-0.2, 0) is 0 Å². The largest absolute Gasteiger partial charge is 0.117 e. The Balaban J connectivity index is 2.39. The molecule has 1 aliphatic rings.